The summed E-state index contributed by atoms with van der Waals surface area (Å²) < 4.78 is 7.13. The fraction of sp³-hybridized carbons (Fsp3) is 0.474. The van der Waals surface area contributed by atoms with Gasteiger partial charge in [-0.15, -0.1) is 0 Å². The van der Waals surface area contributed by atoms with Crippen molar-refractivity contribution in [3.05, 3.63) is 41.1 Å². The lowest BCUT2D eigenvalue weighted by Crippen LogP contribution is -2.37. The number of nitrogens with zero attached hydrogens (tertiary/aromatic N) is 3. The first-order valence-corrected chi connectivity index (χ1v) is 8.77. The SMILES string of the molecule is COc1c(CNCCC(=O)N2CCCc3ccccc32)c(C)nn1C. The lowest BCUT2D eigenvalue weighted by Gasteiger charge is -2.29. The molecule has 1 aliphatic rings. The fourth-order valence-corrected chi connectivity index (χ4v) is 3.48. The molecule has 2 aromatic rings. The molecular formula is C19H26N4O2. The lowest BCUT2D eigenvalue weighted by molar-refractivity contribution is -0.118. The molecule has 0 fully saturated rings. The van der Waals surface area contributed by atoms with Crippen molar-refractivity contribution in [2.45, 2.75) is 32.7 Å². The van der Waals surface area contributed by atoms with E-state index in [0.717, 1.165) is 42.2 Å². The minimum atomic E-state index is 0.175. The molecule has 0 bridgehead atoms. The summed E-state index contributed by atoms with van der Waals surface area (Å²) in [4.78, 5) is 14.5. The van der Waals surface area contributed by atoms with E-state index < -0.39 is 0 Å². The van der Waals surface area contributed by atoms with Crippen molar-refractivity contribution in [2.75, 3.05) is 25.1 Å². The molecular weight excluding hydrogens is 316 g/mol. The number of rotatable bonds is 6. The summed E-state index contributed by atoms with van der Waals surface area (Å²) in [6.45, 7) is 4.06. The molecule has 1 amide bonds. The molecule has 1 N–H and O–H groups in total. The Morgan fingerprint density at radius 3 is 2.96 bits per heavy atom. The Kier molecular flexibility index (Phi) is 5.38. The van der Waals surface area contributed by atoms with Gasteiger partial charge in [-0.25, -0.2) is 4.68 Å². The largest absolute Gasteiger partial charge is 0.481 e. The number of fused-ring (bicyclic) bond motifs is 1. The van der Waals surface area contributed by atoms with Crippen LogP contribution in [0.1, 0.15) is 29.7 Å². The maximum absolute atomic E-state index is 12.6. The van der Waals surface area contributed by atoms with E-state index >= 15 is 0 Å². The second-order valence-corrected chi connectivity index (χ2v) is 6.40. The predicted octanol–water partition coefficient (Wildman–Crippen LogP) is 2.20. The van der Waals surface area contributed by atoms with Gasteiger partial charge in [0.1, 0.15) is 0 Å². The van der Waals surface area contributed by atoms with Gasteiger partial charge in [0.05, 0.1) is 18.4 Å². The molecule has 0 saturated carbocycles. The van der Waals surface area contributed by atoms with Gasteiger partial charge >= 0.3 is 0 Å². The van der Waals surface area contributed by atoms with Crippen LogP contribution >= 0.6 is 0 Å². The minimum absolute atomic E-state index is 0.175. The van der Waals surface area contributed by atoms with E-state index in [1.54, 1.807) is 11.8 Å². The standard InChI is InChI=1S/C19H26N4O2/c1-14-16(19(25-3)22(2)21-14)13-20-11-10-18(24)23-12-6-8-15-7-4-5-9-17(15)23/h4-5,7,9,20H,6,8,10-13H2,1-3H3. The first-order chi connectivity index (χ1) is 12.1. The van der Waals surface area contributed by atoms with Gasteiger partial charge in [-0.2, -0.15) is 5.10 Å². The number of hydrogen-bond donors (Lipinski definition) is 1. The Morgan fingerprint density at radius 2 is 2.16 bits per heavy atom. The lowest BCUT2D eigenvalue weighted by atomic mass is 10.0. The summed E-state index contributed by atoms with van der Waals surface area (Å²) in [5, 5.41) is 7.71. The summed E-state index contributed by atoms with van der Waals surface area (Å²) in [6.07, 6.45) is 2.57. The third-order valence-corrected chi connectivity index (χ3v) is 4.71. The highest BCUT2D eigenvalue weighted by atomic mass is 16.5. The summed E-state index contributed by atoms with van der Waals surface area (Å²) in [7, 11) is 3.52. The third-order valence-electron chi connectivity index (χ3n) is 4.71. The molecule has 25 heavy (non-hydrogen) atoms. The van der Waals surface area contributed by atoms with E-state index in [1.807, 2.05) is 37.1 Å². The smallest absolute Gasteiger partial charge is 0.228 e. The number of para-hydroxylation sites is 1. The van der Waals surface area contributed by atoms with Crippen molar-refractivity contribution >= 4 is 11.6 Å². The van der Waals surface area contributed by atoms with Gasteiger partial charge in [0.2, 0.25) is 11.8 Å². The van der Waals surface area contributed by atoms with Crippen molar-refractivity contribution in [3.8, 4) is 5.88 Å². The number of carbonyl (C=O) groups is 1. The van der Waals surface area contributed by atoms with Crippen LogP contribution in [0.5, 0.6) is 5.88 Å². The van der Waals surface area contributed by atoms with Gasteiger partial charge in [-0.1, -0.05) is 18.2 Å². The van der Waals surface area contributed by atoms with Crippen LogP contribution in [0.15, 0.2) is 24.3 Å². The summed E-state index contributed by atoms with van der Waals surface area (Å²) in [5.74, 6) is 0.941. The second kappa shape index (κ2) is 7.70. The van der Waals surface area contributed by atoms with Crippen LogP contribution in [0, 0.1) is 6.92 Å². The topological polar surface area (TPSA) is 59.4 Å². The van der Waals surface area contributed by atoms with E-state index in [1.165, 1.54) is 5.56 Å². The number of hydrogen-bond acceptors (Lipinski definition) is 4. The Morgan fingerprint density at radius 1 is 1.36 bits per heavy atom. The molecule has 0 saturated heterocycles. The zero-order valence-corrected chi connectivity index (χ0v) is 15.2. The molecule has 134 valence electrons. The molecule has 0 aliphatic carbocycles. The summed E-state index contributed by atoms with van der Waals surface area (Å²) in [6, 6.07) is 8.20. The molecule has 1 aromatic carbocycles. The molecule has 1 aliphatic heterocycles. The van der Waals surface area contributed by atoms with Crippen LogP contribution in [0.2, 0.25) is 0 Å². The maximum atomic E-state index is 12.6. The highest BCUT2D eigenvalue weighted by Crippen LogP contribution is 2.27. The molecule has 0 spiro atoms. The Labute approximate surface area is 148 Å². The summed E-state index contributed by atoms with van der Waals surface area (Å²) in [5.41, 5.74) is 4.33. The van der Waals surface area contributed by atoms with Crippen LogP contribution in [0.3, 0.4) is 0 Å². The van der Waals surface area contributed by atoms with Gasteiger partial charge in [0.25, 0.3) is 0 Å². The fourth-order valence-electron chi connectivity index (χ4n) is 3.48. The van der Waals surface area contributed by atoms with Gasteiger partial charge in [-0.3, -0.25) is 4.79 Å². The zero-order chi connectivity index (χ0) is 17.8. The monoisotopic (exact) mass is 342 g/mol. The molecule has 0 radical (unpaired) electrons. The number of carbonyl (C=O) groups excluding carboxylic acids is 1. The number of amides is 1. The number of ether oxygens (including phenoxy) is 1. The second-order valence-electron chi connectivity index (χ2n) is 6.40. The zero-order valence-electron chi connectivity index (χ0n) is 15.2. The number of aromatic nitrogens is 2. The van der Waals surface area contributed by atoms with Gasteiger partial charge in [-0.05, 0) is 31.4 Å². The van der Waals surface area contributed by atoms with Crippen molar-refractivity contribution in [1.29, 1.82) is 0 Å². The number of nitrogens with one attached hydrogen (secondary N) is 1. The number of aryl methyl sites for hydroxylation is 3. The molecule has 0 atom stereocenters. The van der Waals surface area contributed by atoms with Crippen molar-refractivity contribution < 1.29 is 9.53 Å². The number of methoxy groups -OCH3 is 1. The van der Waals surface area contributed by atoms with E-state index in [4.69, 9.17) is 4.74 Å². The molecule has 0 unspecified atom stereocenters. The quantitative estimate of drug-likeness (QED) is 0.818. The Balaban J connectivity index is 1.54. The highest BCUT2D eigenvalue weighted by Gasteiger charge is 2.21. The van der Waals surface area contributed by atoms with Crippen LogP contribution in [-0.4, -0.2) is 35.9 Å². The van der Waals surface area contributed by atoms with E-state index in [0.29, 0.717) is 19.5 Å². The molecule has 1 aromatic heterocycles. The first kappa shape index (κ1) is 17.5. The normalized spacial score (nSPS) is 13.6. The molecule has 2 heterocycles. The van der Waals surface area contributed by atoms with Crippen LogP contribution in [-0.2, 0) is 24.8 Å². The molecule has 3 rings (SSSR count). The van der Waals surface area contributed by atoms with Crippen molar-refractivity contribution in [1.82, 2.24) is 15.1 Å². The first-order valence-electron chi connectivity index (χ1n) is 8.77. The van der Waals surface area contributed by atoms with Crippen LogP contribution in [0.4, 0.5) is 5.69 Å². The van der Waals surface area contributed by atoms with Gasteiger partial charge < -0.3 is 15.0 Å². The highest BCUT2D eigenvalue weighted by molar-refractivity contribution is 5.94. The van der Waals surface area contributed by atoms with E-state index in [-0.39, 0.29) is 5.91 Å². The Bertz CT molecular complexity index is 754. The summed E-state index contributed by atoms with van der Waals surface area (Å²) >= 11 is 0. The third kappa shape index (κ3) is 3.69. The van der Waals surface area contributed by atoms with E-state index in [2.05, 4.69) is 16.5 Å². The number of anilines is 1. The average Bonchev–Trinajstić information content (AvgIpc) is 2.90. The number of benzene rings is 1. The maximum Gasteiger partial charge on any atom is 0.228 e. The van der Waals surface area contributed by atoms with Gasteiger partial charge in [0.15, 0.2) is 0 Å². The predicted molar refractivity (Wildman–Crippen MR) is 97.9 cm³/mol. The molecule has 6 nitrogen and oxygen atoms in total. The van der Waals surface area contributed by atoms with Crippen molar-refractivity contribution in [3.63, 3.8) is 0 Å². The Hall–Kier alpha value is -2.34. The average molecular weight is 342 g/mol. The molecule has 6 heteroatoms. The van der Waals surface area contributed by atoms with Gasteiger partial charge in [0, 0.05) is 38.8 Å². The van der Waals surface area contributed by atoms with Crippen molar-refractivity contribution in [2.24, 2.45) is 7.05 Å². The van der Waals surface area contributed by atoms with E-state index in [9.17, 15) is 4.79 Å². The van der Waals surface area contributed by atoms with Crippen LogP contribution < -0.4 is 15.0 Å². The minimum Gasteiger partial charge on any atom is -0.481 e. The van der Waals surface area contributed by atoms with Crippen LogP contribution in [0.25, 0.3) is 0 Å².